The van der Waals surface area contributed by atoms with Gasteiger partial charge in [-0.25, -0.2) is 0 Å². The van der Waals surface area contributed by atoms with Crippen LogP contribution in [0.4, 0.5) is 0 Å². The molecular weight excluding hydrogens is 164 g/mol. The highest BCUT2D eigenvalue weighted by molar-refractivity contribution is 5.52. The third-order valence-electron chi connectivity index (χ3n) is 2.86. The summed E-state index contributed by atoms with van der Waals surface area (Å²) in [5, 5.41) is 0. The van der Waals surface area contributed by atoms with Crippen LogP contribution < -0.4 is 9.47 Å². The van der Waals surface area contributed by atoms with Gasteiger partial charge in [0.1, 0.15) is 0 Å². The van der Waals surface area contributed by atoms with Gasteiger partial charge in [0.05, 0.1) is 0 Å². The van der Waals surface area contributed by atoms with E-state index >= 15 is 0 Å². The third-order valence-corrected chi connectivity index (χ3v) is 2.86. The minimum Gasteiger partial charge on any atom is -0.454 e. The quantitative estimate of drug-likeness (QED) is 0.603. The second-order valence-electron chi connectivity index (χ2n) is 3.64. The summed E-state index contributed by atoms with van der Waals surface area (Å²) in [7, 11) is 0. The van der Waals surface area contributed by atoms with Gasteiger partial charge >= 0.3 is 0 Å². The summed E-state index contributed by atoms with van der Waals surface area (Å²) in [4.78, 5) is 0. The fraction of sp³-hybridized carbons (Fsp3) is 0.455. The molecular formula is C11H12O2. The smallest absolute Gasteiger partial charge is 0.231 e. The van der Waals surface area contributed by atoms with Gasteiger partial charge in [0.15, 0.2) is 11.5 Å². The lowest BCUT2D eigenvalue weighted by Gasteiger charge is -2.16. The molecule has 2 aliphatic rings. The van der Waals surface area contributed by atoms with Crippen molar-refractivity contribution < 1.29 is 9.47 Å². The van der Waals surface area contributed by atoms with Crippen molar-refractivity contribution in [2.45, 2.75) is 25.7 Å². The molecule has 2 heteroatoms. The molecule has 68 valence electrons. The fourth-order valence-electron chi connectivity index (χ4n) is 2.20. The van der Waals surface area contributed by atoms with Gasteiger partial charge in [-0.15, -0.1) is 0 Å². The van der Waals surface area contributed by atoms with Crippen LogP contribution in [0.3, 0.4) is 0 Å². The van der Waals surface area contributed by atoms with Crippen molar-refractivity contribution in [1.29, 1.82) is 0 Å². The topological polar surface area (TPSA) is 18.5 Å². The molecule has 0 N–H and O–H groups in total. The Morgan fingerprint density at radius 2 is 1.92 bits per heavy atom. The number of fused-ring (bicyclic) bond motifs is 3. The Balaban J connectivity index is 2.17. The first-order valence-electron chi connectivity index (χ1n) is 4.85. The standard InChI is InChI=1S/C11H12O2/c1-2-4-9-8(3-1)5-6-10-11(9)13-7-12-10/h5-6H,1-4,7H2. The predicted molar refractivity (Wildman–Crippen MR) is 49.2 cm³/mol. The zero-order valence-electron chi connectivity index (χ0n) is 7.51. The van der Waals surface area contributed by atoms with Crippen LogP contribution in [-0.2, 0) is 12.8 Å². The first kappa shape index (κ1) is 7.25. The van der Waals surface area contributed by atoms with E-state index in [4.69, 9.17) is 9.47 Å². The monoisotopic (exact) mass is 176 g/mol. The Bertz CT molecular complexity index is 344. The van der Waals surface area contributed by atoms with E-state index in [-0.39, 0.29) is 0 Å². The number of hydrogen-bond donors (Lipinski definition) is 0. The van der Waals surface area contributed by atoms with E-state index < -0.39 is 0 Å². The third kappa shape index (κ3) is 1.01. The lowest BCUT2D eigenvalue weighted by Crippen LogP contribution is -2.03. The zero-order chi connectivity index (χ0) is 8.67. The van der Waals surface area contributed by atoms with Crippen molar-refractivity contribution in [3.8, 4) is 11.5 Å². The molecule has 0 unspecified atom stereocenters. The number of benzene rings is 1. The van der Waals surface area contributed by atoms with Crippen LogP contribution in [0.15, 0.2) is 12.1 Å². The van der Waals surface area contributed by atoms with Crippen LogP contribution in [0.5, 0.6) is 11.5 Å². The number of rotatable bonds is 0. The average molecular weight is 176 g/mol. The average Bonchev–Trinajstić information content (AvgIpc) is 2.65. The van der Waals surface area contributed by atoms with E-state index in [0.717, 1.165) is 17.9 Å². The normalized spacial score (nSPS) is 18.5. The minimum absolute atomic E-state index is 0.395. The summed E-state index contributed by atoms with van der Waals surface area (Å²) in [6, 6.07) is 4.22. The second-order valence-corrected chi connectivity index (χ2v) is 3.64. The van der Waals surface area contributed by atoms with Gasteiger partial charge in [0.25, 0.3) is 0 Å². The molecule has 0 saturated heterocycles. The molecule has 0 bridgehead atoms. The summed E-state index contributed by atoms with van der Waals surface area (Å²) in [5.41, 5.74) is 2.84. The number of hydrogen-bond acceptors (Lipinski definition) is 2. The molecule has 3 rings (SSSR count). The predicted octanol–water partition coefficient (Wildman–Crippen LogP) is 2.29. The first-order valence-corrected chi connectivity index (χ1v) is 4.85. The molecule has 0 radical (unpaired) electrons. The first-order chi connectivity index (χ1) is 6.45. The van der Waals surface area contributed by atoms with E-state index in [1.807, 2.05) is 6.07 Å². The molecule has 0 aromatic heterocycles. The molecule has 0 saturated carbocycles. The number of ether oxygens (including phenoxy) is 2. The summed E-state index contributed by atoms with van der Waals surface area (Å²) in [6.45, 7) is 0.395. The van der Waals surface area contributed by atoms with Crippen molar-refractivity contribution >= 4 is 0 Å². The van der Waals surface area contributed by atoms with E-state index in [2.05, 4.69) is 6.07 Å². The fourth-order valence-corrected chi connectivity index (χ4v) is 2.20. The van der Waals surface area contributed by atoms with Crippen LogP contribution in [0.1, 0.15) is 24.0 Å². The maximum Gasteiger partial charge on any atom is 0.231 e. The Labute approximate surface area is 77.5 Å². The van der Waals surface area contributed by atoms with E-state index in [0.29, 0.717) is 6.79 Å². The van der Waals surface area contributed by atoms with Gasteiger partial charge in [-0.2, -0.15) is 0 Å². The zero-order valence-corrected chi connectivity index (χ0v) is 7.51. The van der Waals surface area contributed by atoms with E-state index in [9.17, 15) is 0 Å². The Kier molecular flexibility index (Phi) is 1.48. The molecule has 1 aromatic rings. The van der Waals surface area contributed by atoms with Crippen molar-refractivity contribution in [3.63, 3.8) is 0 Å². The SMILES string of the molecule is c1cc2c(c3c1CCCC3)OCO2. The Morgan fingerprint density at radius 3 is 2.92 bits per heavy atom. The maximum atomic E-state index is 5.47. The van der Waals surface area contributed by atoms with Crippen LogP contribution in [-0.4, -0.2) is 6.79 Å². The van der Waals surface area contributed by atoms with Crippen LogP contribution in [0, 0.1) is 0 Å². The highest BCUT2D eigenvalue weighted by atomic mass is 16.7. The molecule has 1 aliphatic carbocycles. The molecule has 1 aromatic carbocycles. The molecule has 1 aliphatic heterocycles. The lowest BCUT2D eigenvalue weighted by molar-refractivity contribution is 0.173. The van der Waals surface area contributed by atoms with E-state index in [1.165, 1.54) is 30.4 Å². The minimum atomic E-state index is 0.395. The largest absolute Gasteiger partial charge is 0.454 e. The van der Waals surface area contributed by atoms with Gasteiger partial charge in [-0.05, 0) is 37.3 Å². The molecule has 2 nitrogen and oxygen atoms in total. The summed E-state index contributed by atoms with van der Waals surface area (Å²) in [5.74, 6) is 1.94. The van der Waals surface area contributed by atoms with Gasteiger partial charge in [0.2, 0.25) is 6.79 Å². The van der Waals surface area contributed by atoms with Crippen molar-refractivity contribution in [3.05, 3.63) is 23.3 Å². The van der Waals surface area contributed by atoms with Crippen molar-refractivity contribution in [1.82, 2.24) is 0 Å². The van der Waals surface area contributed by atoms with Crippen LogP contribution in [0.25, 0.3) is 0 Å². The van der Waals surface area contributed by atoms with Crippen LogP contribution >= 0.6 is 0 Å². The van der Waals surface area contributed by atoms with Crippen LogP contribution in [0.2, 0.25) is 0 Å². The van der Waals surface area contributed by atoms with E-state index in [1.54, 1.807) is 0 Å². The van der Waals surface area contributed by atoms with Crippen molar-refractivity contribution in [2.24, 2.45) is 0 Å². The van der Waals surface area contributed by atoms with Gasteiger partial charge in [-0.1, -0.05) is 6.07 Å². The molecule has 13 heavy (non-hydrogen) atoms. The summed E-state index contributed by atoms with van der Waals surface area (Å²) >= 11 is 0. The van der Waals surface area contributed by atoms with Crippen molar-refractivity contribution in [2.75, 3.05) is 6.79 Å². The molecule has 0 spiro atoms. The van der Waals surface area contributed by atoms with Gasteiger partial charge in [-0.3, -0.25) is 0 Å². The molecule has 0 atom stereocenters. The van der Waals surface area contributed by atoms with Gasteiger partial charge < -0.3 is 9.47 Å². The number of aryl methyl sites for hydroxylation is 1. The lowest BCUT2D eigenvalue weighted by atomic mass is 9.91. The highest BCUT2D eigenvalue weighted by Crippen LogP contribution is 2.40. The molecule has 1 heterocycles. The maximum absolute atomic E-state index is 5.47. The Morgan fingerprint density at radius 1 is 1.00 bits per heavy atom. The van der Waals surface area contributed by atoms with Gasteiger partial charge in [0, 0.05) is 5.56 Å². The highest BCUT2D eigenvalue weighted by Gasteiger charge is 2.21. The summed E-state index contributed by atoms with van der Waals surface area (Å²) < 4.78 is 10.8. The molecule has 0 fully saturated rings. The molecule has 0 amide bonds. The summed E-state index contributed by atoms with van der Waals surface area (Å²) in [6.07, 6.45) is 4.95. The Hall–Kier alpha value is -1.18. The second kappa shape index (κ2) is 2.66.